The molecule has 2 N–H and O–H groups in total. The molecule has 0 aromatic carbocycles. The number of rotatable bonds is 4. The van der Waals surface area contributed by atoms with Gasteiger partial charge < -0.3 is 9.84 Å². The molecular weight excluding hydrogens is 234 g/mol. The maximum absolute atomic E-state index is 10.7. The minimum atomic E-state index is -1.12. The Morgan fingerprint density at radius 3 is 3.00 bits per heavy atom. The number of methoxy groups -OCH3 is 1. The summed E-state index contributed by atoms with van der Waals surface area (Å²) in [5, 5.41) is 15.3. The molecule has 0 unspecified atom stereocenters. The van der Waals surface area contributed by atoms with E-state index in [1.165, 1.54) is 7.11 Å². The molecule has 0 aliphatic heterocycles. The first-order chi connectivity index (χ1) is 8.67. The van der Waals surface area contributed by atoms with E-state index in [0.29, 0.717) is 11.4 Å². The Morgan fingerprint density at radius 2 is 2.39 bits per heavy atom. The fourth-order valence-corrected chi connectivity index (χ4v) is 1.98. The average molecular weight is 249 g/mol. The van der Waals surface area contributed by atoms with Crippen molar-refractivity contribution in [3.63, 3.8) is 0 Å². The Kier molecular flexibility index (Phi) is 3.36. The second kappa shape index (κ2) is 4.95. The van der Waals surface area contributed by atoms with E-state index in [1.807, 2.05) is 0 Å². The molecule has 0 atom stereocenters. The molecule has 0 fully saturated rings. The van der Waals surface area contributed by atoms with Gasteiger partial charge in [0.15, 0.2) is 5.75 Å². The summed E-state index contributed by atoms with van der Waals surface area (Å²) < 4.78 is 7.01. The van der Waals surface area contributed by atoms with E-state index in [2.05, 4.69) is 17.3 Å². The number of carboxylic acid groups (broad SMARTS) is 1. The number of hydrogen-bond acceptors (Lipinski definition) is 3. The van der Waals surface area contributed by atoms with Crippen LogP contribution in [0.5, 0.6) is 5.75 Å². The lowest BCUT2D eigenvalue weighted by atomic mass is 10.1. The zero-order chi connectivity index (χ0) is 13.1. The lowest BCUT2D eigenvalue weighted by Gasteiger charge is -2.10. The quantitative estimate of drug-likeness (QED) is 0.872. The highest BCUT2D eigenvalue weighted by atomic mass is 16.5. The maximum atomic E-state index is 10.7. The molecule has 0 radical (unpaired) electrons. The van der Waals surface area contributed by atoms with Crippen LogP contribution in [-0.2, 0) is 6.42 Å². The van der Waals surface area contributed by atoms with Crippen LogP contribution in [0.3, 0.4) is 0 Å². The van der Waals surface area contributed by atoms with Gasteiger partial charge in [-0.15, -0.1) is 0 Å². The van der Waals surface area contributed by atoms with Crippen molar-refractivity contribution in [3.05, 3.63) is 24.0 Å². The minimum absolute atomic E-state index is 0.426. The van der Waals surface area contributed by atoms with E-state index < -0.39 is 6.09 Å². The third kappa shape index (κ3) is 2.09. The summed E-state index contributed by atoms with van der Waals surface area (Å²) in [5.41, 5.74) is 2.28. The number of carbonyl (C=O) groups is 1. The van der Waals surface area contributed by atoms with Gasteiger partial charge in [-0.3, -0.25) is 5.32 Å². The SMILES string of the molecule is CCCc1cnn2ccc(NC(=O)O)c(OC)c12. The molecule has 0 saturated carbocycles. The van der Waals surface area contributed by atoms with E-state index in [-0.39, 0.29) is 0 Å². The predicted molar refractivity (Wildman–Crippen MR) is 67.4 cm³/mol. The Balaban J connectivity index is 2.60. The largest absolute Gasteiger partial charge is 0.492 e. The molecular formula is C12H15N3O3. The van der Waals surface area contributed by atoms with Crippen molar-refractivity contribution in [1.29, 1.82) is 0 Å². The van der Waals surface area contributed by atoms with Crippen LogP contribution < -0.4 is 10.1 Å². The van der Waals surface area contributed by atoms with Crippen molar-refractivity contribution in [2.24, 2.45) is 0 Å². The summed E-state index contributed by atoms with van der Waals surface area (Å²) in [5.74, 6) is 0.501. The van der Waals surface area contributed by atoms with E-state index in [0.717, 1.165) is 23.9 Å². The van der Waals surface area contributed by atoms with Gasteiger partial charge in [-0.2, -0.15) is 5.10 Å². The van der Waals surface area contributed by atoms with Crippen LogP contribution in [0.2, 0.25) is 0 Å². The third-order valence-corrected chi connectivity index (χ3v) is 2.68. The Bertz CT molecular complexity index is 577. The first-order valence-corrected chi connectivity index (χ1v) is 5.70. The average Bonchev–Trinajstić information content (AvgIpc) is 2.72. The second-order valence-corrected chi connectivity index (χ2v) is 3.91. The summed E-state index contributed by atoms with van der Waals surface area (Å²) >= 11 is 0. The smallest absolute Gasteiger partial charge is 0.409 e. The highest BCUT2D eigenvalue weighted by molar-refractivity contribution is 5.88. The number of aryl methyl sites for hydroxylation is 1. The Labute approximate surface area is 104 Å². The van der Waals surface area contributed by atoms with E-state index >= 15 is 0 Å². The lowest BCUT2D eigenvalue weighted by Crippen LogP contribution is -2.09. The Morgan fingerprint density at radius 1 is 1.61 bits per heavy atom. The van der Waals surface area contributed by atoms with Crippen molar-refractivity contribution >= 4 is 17.3 Å². The number of aromatic nitrogens is 2. The van der Waals surface area contributed by atoms with Gasteiger partial charge in [-0.1, -0.05) is 13.3 Å². The first kappa shape index (κ1) is 12.2. The summed E-state index contributed by atoms with van der Waals surface area (Å²) in [7, 11) is 1.52. The zero-order valence-electron chi connectivity index (χ0n) is 10.3. The topological polar surface area (TPSA) is 75.9 Å². The summed E-state index contributed by atoms with van der Waals surface area (Å²) in [6.07, 6.45) is 4.24. The van der Waals surface area contributed by atoms with Crippen LogP contribution >= 0.6 is 0 Å². The van der Waals surface area contributed by atoms with E-state index in [1.54, 1.807) is 23.0 Å². The van der Waals surface area contributed by atoms with Crippen molar-refractivity contribution in [2.75, 3.05) is 12.4 Å². The van der Waals surface area contributed by atoms with Gasteiger partial charge in [0.05, 0.1) is 19.0 Å². The van der Waals surface area contributed by atoms with Gasteiger partial charge in [-0.05, 0) is 12.5 Å². The second-order valence-electron chi connectivity index (χ2n) is 3.91. The molecule has 6 nitrogen and oxygen atoms in total. The molecule has 0 spiro atoms. The van der Waals surface area contributed by atoms with Gasteiger partial charge >= 0.3 is 6.09 Å². The summed E-state index contributed by atoms with van der Waals surface area (Å²) in [6, 6.07) is 1.63. The Hall–Kier alpha value is -2.24. The standard InChI is InChI=1S/C12H15N3O3/c1-3-4-8-7-13-15-6-5-9(14-12(16)17)11(18-2)10(8)15/h5-7,14H,3-4H2,1-2H3,(H,16,17). The van der Waals surface area contributed by atoms with Gasteiger partial charge in [0, 0.05) is 11.8 Å². The molecule has 96 valence electrons. The number of fused-ring (bicyclic) bond motifs is 1. The third-order valence-electron chi connectivity index (χ3n) is 2.68. The highest BCUT2D eigenvalue weighted by Crippen LogP contribution is 2.32. The number of amides is 1. The van der Waals surface area contributed by atoms with Crippen molar-refractivity contribution < 1.29 is 14.6 Å². The van der Waals surface area contributed by atoms with Crippen LogP contribution in [0.4, 0.5) is 10.5 Å². The summed E-state index contributed by atoms with van der Waals surface area (Å²) in [6.45, 7) is 2.08. The molecule has 2 aromatic rings. The maximum Gasteiger partial charge on any atom is 0.409 e. The monoisotopic (exact) mass is 249 g/mol. The molecule has 0 aliphatic carbocycles. The molecule has 0 bridgehead atoms. The van der Waals surface area contributed by atoms with Crippen LogP contribution in [0.1, 0.15) is 18.9 Å². The molecule has 0 aliphatic rings. The first-order valence-electron chi connectivity index (χ1n) is 5.70. The number of ether oxygens (including phenoxy) is 1. The normalized spacial score (nSPS) is 10.6. The van der Waals surface area contributed by atoms with Gasteiger partial charge in [0.25, 0.3) is 0 Å². The number of hydrogen-bond donors (Lipinski definition) is 2. The minimum Gasteiger partial charge on any atom is -0.492 e. The van der Waals surface area contributed by atoms with Crippen LogP contribution in [0.25, 0.3) is 5.52 Å². The molecule has 2 aromatic heterocycles. The van der Waals surface area contributed by atoms with Crippen LogP contribution in [-0.4, -0.2) is 27.9 Å². The molecule has 6 heteroatoms. The van der Waals surface area contributed by atoms with Crippen LogP contribution in [0, 0.1) is 0 Å². The number of nitrogens with one attached hydrogen (secondary N) is 1. The molecule has 18 heavy (non-hydrogen) atoms. The lowest BCUT2D eigenvalue weighted by molar-refractivity contribution is 0.209. The molecule has 2 rings (SSSR count). The van der Waals surface area contributed by atoms with Crippen LogP contribution in [0.15, 0.2) is 18.5 Å². The number of nitrogens with zero attached hydrogens (tertiary/aromatic N) is 2. The fraction of sp³-hybridized carbons (Fsp3) is 0.333. The molecule has 2 heterocycles. The fourth-order valence-electron chi connectivity index (χ4n) is 1.98. The molecule has 1 amide bonds. The van der Waals surface area contributed by atoms with Crippen molar-refractivity contribution in [2.45, 2.75) is 19.8 Å². The van der Waals surface area contributed by atoms with Gasteiger partial charge in [-0.25, -0.2) is 9.31 Å². The number of pyridine rings is 1. The molecule has 0 saturated heterocycles. The van der Waals surface area contributed by atoms with Gasteiger partial charge in [0.1, 0.15) is 5.52 Å². The summed E-state index contributed by atoms with van der Waals surface area (Å²) in [4.78, 5) is 10.7. The predicted octanol–water partition coefficient (Wildman–Crippen LogP) is 2.39. The van der Waals surface area contributed by atoms with E-state index in [9.17, 15) is 4.79 Å². The van der Waals surface area contributed by atoms with Crippen molar-refractivity contribution in [1.82, 2.24) is 9.61 Å². The van der Waals surface area contributed by atoms with Gasteiger partial charge in [0.2, 0.25) is 0 Å². The number of anilines is 1. The highest BCUT2D eigenvalue weighted by Gasteiger charge is 2.14. The zero-order valence-corrected chi connectivity index (χ0v) is 10.3. The van der Waals surface area contributed by atoms with Crippen molar-refractivity contribution in [3.8, 4) is 5.75 Å². The van der Waals surface area contributed by atoms with E-state index in [4.69, 9.17) is 9.84 Å².